The summed E-state index contributed by atoms with van der Waals surface area (Å²) in [7, 11) is 0. The third-order valence-corrected chi connectivity index (χ3v) is 6.75. The van der Waals surface area contributed by atoms with E-state index in [0.29, 0.717) is 5.92 Å². The lowest BCUT2D eigenvalue weighted by atomic mass is 9.89. The standard InChI is InChI=1S/C23H28N4S/c1-17-11-12-20(14-18(17)2)16-28-23-26-25-22(21-10-6-7-13-24-21)27(23)15-19-8-4-3-5-9-19/h6-7,10-14,19H,3-5,8-9,15-16H2,1-2H3. The van der Waals surface area contributed by atoms with E-state index < -0.39 is 0 Å². The Bertz CT molecular complexity index is 914. The minimum Gasteiger partial charge on any atom is -0.300 e. The largest absolute Gasteiger partial charge is 0.300 e. The van der Waals surface area contributed by atoms with E-state index >= 15 is 0 Å². The highest BCUT2D eigenvalue weighted by molar-refractivity contribution is 7.98. The van der Waals surface area contributed by atoms with Crippen molar-refractivity contribution < 1.29 is 0 Å². The number of aromatic nitrogens is 4. The third kappa shape index (κ3) is 4.46. The fraction of sp³-hybridized carbons (Fsp3) is 0.435. The minimum atomic E-state index is 0.716. The van der Waals surface area contributed by atoms with E-state index in [9.17, 15) is 0 Å². The average Bonchev–Trinajstić information content (AvgIpc) is 3.13. The van der Waals surface area contributed by atoms with Gasteiger partial charge in [-0.15, -0.1) is 10.2 Å². The lowest BCUT2D eigenvalue weighted by Gasteiger charge is -2.23. The summed E-state index contributed by atoms with van der Waals surface area (Å²) in [5.74, 6) is 2.52. The smallest absolute Gasteiger partial charge is 0.191 e. The molecular weight excluding hydrogens is 364 g/mol. The molecule has 3 aromatic rings. The van der Waals surface area contributed by atoms with Crippen molar-refractivity contribution in [2.45, 2.75) is 63.4 Å². The van der Waals surface area contributed by atoms with Gasteiger partial charge in [-0.3, -0.25) is 4.98 Å². The van der Waals surface area contributed by atoms with Crippen LogP contribution in [0.4, 0.5) is 0 Å². The second-order valence-electron chi connectivity index (χ2n) is 7.84. The molecule has 28 heavy (non-hydrogen) atoms. The maximum atomic E-state index is 4.55. The van der Waals surface area contributed by atoms with E-state index in [2.05, 4.69) is 51.8 Å². The van der Waals surface area contributed by atoms with E-state index in [1.165, 1.54) is 48.8 Å². The Kier molecular flexibility index (Phi) is 6.10. The van der Waals surface area contributed by atoms with E-state index in [4.69, 9.17) is 0 Å². The van der Waals surface area contributed by atoms with Gasteiger partial charge in [-0.2, -0.15) is 0 Å². The zero-order valence-electron chi connectivity index (χ0n) is 16.8. The number of hydrogen-bond acceptors (Lipinski definition) is 4. The van der Waals surface area contributed by atoms with Crippen LogP contribution in [0.25, 0.3) is 11.5 Å². The molecule has 0 bridgehead atoms. The van der Waals surface area contributed by atoms with Gasteiger partial charge >= 0.3 is 0 Å². The van der Waals surface area contributed by atoms with E-state index in [1.54, 1.807) is 11.8 Å². The molecule has 1 aliphatic carbocycles. The predicted molar refractivity (Wildman–Crippen MR) is 115 cm³/mol. The fourth-order valence-corrected chi connectivity index (χ4v) is 4.80. The summed E-state index contributed by atoms with van der Waals surface area (Å²) in [4.78, 5) is 4.52. The number of rotatable bonds is 6. The van der Waals surface area contributed by atoms with Crippen LogP contribution in [0.2, 0.25) is 0 Å². The van der Waals surface area contributed by atoms with Gasteiger partial charge in [-0.05, 0) is 61.4 Å². The highest BCUT2D eigenvalue weighted by Gasteiger charge is 2.21. The molecule has 2 heterocycles. The van der Waals surface area contributed by atoms with Crippen LogP contribution in [0.3, 0.4) is 0 Å². The molecule has 0 N–H and O–H groups in total. The van der Waals surface area contributed by atoms with Crippen molar-refractivity contribution in [1.82, 2.24) is 19.7 Å². The first-order chi connectivity index (χ1) is 13.7. The molecule has 0 amide bonds. The van der Waals surface area contributed by atoms with Gasteiger partial charge in [0.05, 0.1) is 0 Å². The normalized spacial score (nSPS) is 15.1. The topological polar surface area (TPSA) is 43.6 Å². The Labute approximate surface area is 171 Å². The van der Waals surface area contributed by atoms with Crippen LogP contribution in [-0.4, -0.2) is 19.7 Å². The third-order valence-electron chi connectivity index (χ3n) is 5.72. The zero-order valence-corrected chi connectivity index (χ0v) is 17.6. The summed E-state index contributed by atoms with van der Waals surface area (Å²) in [5.41, 5.74) is 4.92. The van der Waals surface area contributed by atoms with Crippen molar-refractivity contribution in [2.24, 2.45) is 5.92 Å². The Balaban J connectivity index is 1.58. The number of pyridine rings is 1. The Morgan fingerprint density at radius 3 is 2.61 bits per heavy atom. The van der Waals surface area contributed by atoms with Crippen molar-refractivity contribution in [3.05, 3.63) is 59.3 Å². The van der Waals surface area contributed by atoms with Gasteiger partial charge in [0.25, 0.3) is 0 Å². The second-order valence-corrected chi connectivity index (χ2v) is 8.79. The number of hydrogen-bond donors (Lipinski definition) is 0. The van der Waals surface area contributed by atoms with Crippen molar-refractivity contribution in [2.75, 3.05) is 0 Å². The van der Waals surface area contributed by atoms with E-state index in [-0.39, 0.29) is 0 Å². The van der Waals surface area contributed by atoms with Crippen LogP contribution >= 0.6 is 11.8 Å². The summed E-state index contributed by atoms with van der Waals surface area (Å²) in [6, 6.07) is 12.7. The van der Waals surface area contributed by atoms with Gasteiger partial charge in [0.2, 0.25) is 0 Å². The highest BCUT2D eigenvalue weighted by atomic mass is 32.2. The maximum absolute atomic E-state index is 4.55. The van der Waals surface area contributed by atoms with Crippen molar-refractivity contribution in [1.29, 1.82) is 0 Å². The SMILES string of the molecule is Cc1ccc(CSc2nnc(-c3ccccn3)n2CC2CCCCC2)cc1C. The quantitative estimate of drug-likeness (QED) is 0.495. The molecular formula is C23H28N4S. The molecule has 4 rings (SSSR count). The second kappa shape index (κ2) is 8.91. The highest BCUT2D eigenvalue weighted by Crippen LogP contribution is 2.31. The molecule has 1 aliphatic rings. The number of benzene rings is 1. The van der Waals surface area contributed by atoms with Gasteiger partial charge in [0, 0.05) is 18.5 Å². The molecule has 0 radical (unpaired) electrons. The summed E-state index contributed by atoms with van der Waals surface area (Å²) in [6.07, 6.45) is 8.51. The molecule has 2 aromatic heterocycles. The molecule has 4 nitrogen and oxygen atoms in total. The summed E-state index contributed by atoms with van der Waals surface area (Å²) >= 11 is 1.78. The summed E-state index contributed by atoms with van der Waals surface area (Å²) < 4.78 is 2.31. The molecule has 5 heteroatoms. The predicted octanol–water partition coefficient (Wildman–Crippen LogP) is 5.83. The molecule has 146 valence electrons. The molecule has 1 saturated carbocycles. The first-order valence-electron chi connectivity index (χ1n) is 10.2. The molecule has 1 fully saturated rings. The Hall–Kier alpha value is -2.14. The molecule has 0 aliphatic heterocycles. The molecule has 0 atom stereocenters. The van der Waals surface area contributed by atoms with Crippen molar-refractivity contribution in [3.8, 4) is 11.5 Å². The van der Waals surface area contributed by atoms with Gasteiger partial charge in [-0.25, -0.2) is 0 Å². The van der Waals surface area contributed by atoms with E-state index in [1.807, 2.05) is 24.4 Å². The lowest BCUT2D eigenvalue weighted by molar-refractivity contribution is 0.313. The number of aryl methyl sites for hydroxylation is 2. The first-order valence-corrected chi connectivity index (χ1v) is 11.2. The van der Waals surface area contributed by atoms with Gasteiger partial charge < -0.3 is 4.57 Å². The summed E-state index contributed by atoms with van der Waals surface area (Å²) in [6.45, 7) is 5.33. The zero-order chi connectivity index (χ0) is 19.3. The lowest BCUT2D eigenvalue weighted by Crippen LogP contribution is -2.16. The fourth-order valence-electron chi connectivity index (χ4n) is 3.91. The summed E-state index contributed by atoms with van der Waals surface area (Å²) in [5, 5.41) is 10.1. The average molecular weight is 393 g/mol. The van der Waals surface area contributed by atoms with Gasteiger partial charge in [0.1, 0.15) is 5.69 Å². The van der Waals surface area contributed by atoms with Crippen LogP contribution in [-0.2, 0) is 12.3 Å². The van der Waals surface area contributed by atoms with Crippen LogP contribution in [0.5, 0.6) is 0 Å². The molecule has 0 spiro atoms. The van der Waals surface area contributed by atoms with Crippen LogP contribution in [0, 0.1) is 19.8 Å². The van der Waals surface area contributed by atoms with Crippen LogP contribution in [0.15, 0.2) is 47.8 Å². The number of nitrogens with zero attached hydrogens (tertiary/aromatic N) is 4. The van der Waals surface area contributed by atoms with Gasteiger partial charge in [-0.1, -0.05) is 55.3 Å². The van der Waals surface area contributed by atoms with Crippen molar-refractivity contribution in [3.63, 3.8) is 0 Å². The van der Waals surface area contributed by atoms with Crippen LogP contribution < -0.4 is 0 Å². The molecule has 0 unspecified atom stereocenters. The van der Waals surface area contributed by atoms with E-state index in [0.717, 1.165) is 29.0 Å². The minimum absolute atomic E-state index is 0.716. The molecule has 0 saturated heterocycles. The number of thioether (sulfide) groups is 1. The molecule has 1 aromatic carbocycles. The monoisotopic (exact) mass is 392 g/mol. The maximum Gasteiger partial charge on any atom is 0.191 e. The van der Waals surface area contributed by atoms with Crippen LogP contribution in [0.1, 0.15) is 48.8 Å². The Morgan fingerprint density at radius 2 is 1.86 bits per heavy atom. The van der Waals surface area contributed by atoms with Crippen molar-refractivity contribution >= 4 is 11.8 Å². The Morgan fingerprint density at radius 1 is 1.00 bits per heavy atom. The van der Waals surface area contributed by atoms with Gasteiger partial charge in [0.15, 0.2) is 11.0 Å². The first kappa shape index (κ1) is 19.2.